The van der Waals surface area contributed by atoms with Gasteiger partial charge in [-0.2, -0.15) is 0 Å². The van der Waals surface area contributed by atoms with E-state index in [-0.39, 0.29) is 0 Å². The van der Waals surface area contributed by atoms with Crippen molar-refractivity contribution >= 4 is 18.1 Å². The predicted molar refractivity (Wildman–Crippen MR) is 82.0 cm³/mol. The van der Waals surface area contributed by atoms with Crippen molar-refractivity contribution in [2.24, 2.45) is 7.05 Å². The molecule has 0 aliphatic heterocycles. The van der Waals surface area contributed by atoms with Crippen molar-refractivity contribution in [3.63, 3.8) is 0 Å². The number of hydrogen-bond acceptors (Lipinski definition) is 3. The van der Waals surface area contributed by atoms with Gasteiger partial charge >= 0.3 is 0 Å². The Morgan fingerprint density at radius 1 is 0.950 bits per heavy atom. The molecule has 0 N–H and O–H groups in total. The third kappa shape index (κ3) is 4.02. The van der Waals surface area contributed by atoms with Crippen molar-refractivity contribution in [3.05, 3.63) is 60.2 Å². The predicted octanol–water partition coefficient (Wildman–Crippen LogP) is 2.09. The zero-order chi connectivity index (χ0) is 14.4. The van der Waals surface area contributed by atoms with E-state index in [1.54, 1.807) is 0 Å². The standard InChI is InChI=1S/C16H19N4/c1-19(2)16-17-12-15(13-18-16)7-5-4-6-14-8-10-20(3)11-9-14/h4-13H,1-3H3/q+1. The molecule has 0 aliphatic carbocycles. The van der Waals surface area contributed by atoms with Crippen LogP contribution in [0, 0.1) is 0 Å². The lowest BCUT2D eigenvalue weighted by Gasteiger charge is -2.08. The topological polar surface area (TPSA) is 32.9 Å². The van der Waals surface area contributed by atoms with Crippen molar-refractivity contribution in [2.75, 3.05) is 19.0 Å². The summed E-state index contributed by atoms with van der Waals surface area (Å²) in [7, 11) is 5.85. The maximum atomic E-state index is 4.26. The van der Waals surface area contributed by atoms with Gasteiger partial charge < -0.3 is 4.90 Å². The lowest BCUT2D eigenvalue weighted by molar-refractivity contribution is -0.671. The highest BCUT2D eigenvalue weighted by Crippen LogP contribution is 2.05. The Kier molecular flexibility index (Phi) is 4.60. The zero-order valence-electron chi connectivity index (χ0n) is 12.1. The van der Waals surface area contributed by atoms with Gasteiger partial charge in [0.25, 0.3) is 0 Å². The Morgan fingerprint density at radius 2 is 1.50 bits per heavy atom. The summed E-state index contributed by atoms with van der Waals surface area (Å²) in [6.45, 7) is 0. The molecule has 0 atom stereocenters. The molecule has 0 unspecified atom stereocenters. The van der Waals surface area contributed by atoms with Crippen LogP contribution in [0.3, 0.4) is 0 Å². The van der Waals surface area contributed by atoms with E-state index in [4.69, 9.17) is 0 Å². The zero-order valence-corrected chi connectivity index (χ0v) is 12.1. The smallest absolute Gasteiger partial charge is 0.224 e. The molecule has 0 bridgehead atoms. The first-order chi connectivity index (χ1) is 9.65. The third-order valence-corrected chi connectivity index (χ3v) is 2.75. The van der Waals surface area contributed by atoms with Gasteiger partial charge in [0.05, 0.1) is 0 Å². The summed E-state index contributed by atoms with van der Waals surface area (Å²) in [5, 5.41) is 0. The second kappa shape index (κ2) is 6.61. The number of nitrogens with zero attached hydrogens (tertiary/aromatic N) is 4. The van der Waals surface area contributed by atoms with Crippen LogP contribution in [0.2, 0.25) is 0 Å². The van der Waals surface area contributed by atoms with Gasteiger partial charge in [-0.15, -0.1) is 0 Å². The van der Waals surface area contributed by atoms with E-state index in [9.17, 15) is 0 Å². The third-order valence-electron chi connectivity index (χ3n) is 2.75. The van der Waals surface area contributed by atoms with Crippen LogP contribution in [-0.4, -0.2) is 24.1 Å². The van der Waals surface area contributed by atoms with Crippen LogP contribution in [0.4, 0.5) is 5.95 Å². The van der Waals surface area contributed by atoms with E-state index in [0.29, 0.717) is 0 Å². The number of aryl methyl sites for hydroxylation is 1. The highest BCUT2D eigenvalue weighted by molar-refractivity contribution is 5.55. The normalized spacial score (nSPS) is 11.3. The summed E-state index contributed by atoms with van der Waals surface area (Å²) in [5.41, 5.74) is 2.16. The SMILES string of the molecule is CN(C)c1ncc(/C=C/C=C/c2cc[n+](C)cc2)cn1. The van der Waals surface area contributed by atoms with Crippen molar-refractivity contribution in [1.82, 2.24) is 9.97 Å². The Balaban J connectivity index is 1.97. The molecule has 4 nitrogen and oxygen atoms in total. The number of hydrogen-bond donors (Lipinski definition) is 0. The molecule has 0 spiro atoms. The lowest BCUT2D eigenvalue weighted by Crippen LogP contribution is -2.25. The first kappa shape index (κ1) is 13.9. The Hall–Kier alpha value is -2.49. The van der Waals surface area contributed by atoms with Crippen molar-refractivity contribution < 1.29 is 4.57 Å². The summed E-state index contributed by atoms with van der Waals surface area (Å²) in [6.07, 6.45) is 15.7. The van der Waals surface area contributed by atoms with E-state index in [0.717, 1.165) is 11.5 Å². The molecule has 0 aliphatic rings. The largest absolute Gasteiger partial charge is 0.347 e. The minimum atomic E-state index is 0.717. The molecule has 4 heteroatoms. The van der Waals surface area contributed by atoms with Crippen LogP contribution in [-0.2, 0) is 7.05 Å². The van der Waals surface area contributed by atoms with Gasteiger partial charge in [-0.05, 0) is 5.56 Å². The average Bonchev–Trinajstić information content (AvgIpc) is 2.46. The molecule has 102 valence electrons. The van der Waals surface area contributed by atoms with Crippen molar-refractivity contribution in [1.29, 1.82) is 0 Å². The molecular formula is C16H19N4+. The Morgan fingerprint density at radius 3 is 2.05 bits per heavy atom. The highest BCUT2D eigenvalue weighted by Gasteiger charge is 1.96. The van der Waals surface area contributed by atoms with Gasteiger partial charge in [0.2, 0.25) is 5.95 Å². The lowest BCUT2D eigenvalue weighted by atomic mass is 10.2. The summed E-state index contributed by atoms with van der Waals surface area (Å²) >= 11 is 0. The fourth-order valence-electron chi connectivity index (χ4n) is 1.61. The molecule has 0 saturated carbocycles. The quantitative estimate of drug-likeness (QED) is 0.628. The monoisotopic (exact) mass is 267 g/mol. The molecule has 0 saturated heterocycles. The number of anilines is 1. The van der Waals surface area contributed by atoms with Crippen LogP contribution in [0.1, 0.15) is 11.1 Å². The fourth-order valence-corrected chi connectivity index (χ4v) is 1.61. The molecule has 0 fully saturated rings. The summed E-state index contributed by atoms with van der Waals surface area (Å²) in [4.78, 5) is 10.4. The minimum absolute atomic E-state index is 0.717. The van der Waals surface area contributed by atoms with Crippen LogP contribution < -0.4 is 9.47 Å². The number of aromatic nitrogens is 3. The highest BCUT2D eigenvalue weighted by atomic mass is 15.2. The molecule has 2 heterocycles. The van der Waals surface area contributed by atoms with E-state index in [1.165, 1.54) is 5.56 Å². The molecule has 20 heavy (non-hydrogen) atoms. The van der Waals surface area contributed by atoms with E-state index in [2.05, 4.69) is 28.2 Å². The van der Waals surface area contributed by atoms with E-state index < -0.39 is 0 Å². The van der Waals surface area contributed by atoms with Crippen LogP contribution in [0.5, 0.6) is 0 Å². The number of pyridine rings is 1. The molecule has 0 aromatic carbocycles. The first-order valence-corrected chi connectivity index (χ1v) is 6.44. The van der Waals surface area contributed by atoms with Gasteiger partial charge in [-0.1, -0.05) is 24.3 Å². The molecule has 0 radical (unpaired) electrons. The molecule has 0 amide bonds. The van der Waals surface area contributed by atoms with Gasteiger partial charge in [0, 0.05) is 44.2 Å². The Labute approximate surface area is 119 Å². The van der Waals surface area contributed by atoms with Gasteiger partial charge in [0.1, 0.15) is 7.05 Å². The molecule has 2 aromatic heterocycles. The van der Waals surface area contributed by atoms with Crippen LogP contribution in [0.15, 0.2) is 49.1 Å². The maximum absolute atomic E-state index is 4.26. The second-order valence-electron chi connectivity index (χ2n) is 4.73. The van der Waals surface area contributed by atoms with Gasteiger partial charge in [-0.25, -0.2) is 14.5 Å². The summed E-state index contributed by atoms with van der Waals surface area (Å²) < 4.78 is 2.01. The van der Waals surface area contributed by atoms with Crippen molar-refractivity contribution in [2.45, 2.75) is 0 Å². The van der Waals surface area contributed by atoms with Crippen molar-refractivity contribution in [3.8, 4) is 0 Å². The number of rotatable bonds is 4. The Bertz CT molecular complexity index is 595. The molecular weight excluding hydrogens is 248 g/mol. The van der Waals surface area contributed by atoms with Crippen LogP contribution in [0.25, 0.3) is 12.2 Å². The number of allylic oxidation sites excluding steroid dienone is 2. The summed E-state index contributed by atoms with van der Waals surface area (Å²) in [5.74, 6) is 0.717. The van der Waals surface area contributed by atoms with Gasteiger partial charge in [-0.3, -0.25) is 0 Å². The van der Waals surface area contributed by atoms with E-state index >= 15 is 0 Å². The summed E-state index contributed by atoms with van der Waals surface area (Å²) in [6, 6.07) is 4.14. The molecule has 2 aromatic rings. The maximum Gasteiger partial charge on any atom is 0.224 e. The fraction of sp³-hybridized carbons (Fsp3) is 0.188. The first-order valence-electron chi connectivity index (χ1n) is 6.44. The molecule has 2 rings (SSSR count). The van der Waals surface area contributed by atoms with Crippen LogP contribution >= 0.6 is 0 Å². The average molecular weight is 267 g/mol. The minimum Gasteiger partial charge on any atom is -0.347 e. The second-order valence-corrected chi connectivity index (χ2v) is 4.73. The van der Waals surface area contributed by atoms with E-state index in [1.807, 2.05) is 73.6 Å². The van der Waals surface area contributed by atoms with Gasteiger partial charge in [0.15, 0.2) is 12.4 Å².